The zero-order chi connectivity index (χ0) is 18.1. The maximum Gasteiger partial charge on any atom is 0.241 e. The number of aryl methyl sites for hydroxylation is 2. The molecule has 0 amide bonds. The van der Waals surface area contributed by atoms with Gasteiger partial charge in [0.15, 0.2) is 0 Å². The lowest BCUT2D eigenvalue weighted by Crippen LogP contribution is -2.28. The Kier molecular flexibility index (Phi) is 5.35. The summed E-state index contributed by atoms with van der Waals surface area (Å²) in [6.45, 7) is 9.43. The number of hydrogen-bond donors (Lipinski definition) is 1. The Bertz CT molecular complexity index is 814. The van der Waals surface area contributed by atoms with Gasteiger partial charge in [-0.2, -0.15) is 0 Å². The maximum absolute atomic E-state index is 12.9. The van der Waals surface area contributed by atoms with Crippen LogP contribution in [0, 0.1) is 27.7 Å². The van der Waals surface area contributed by atoms with Crippen molar-refractivity contribution in [2.24, 2.45) is 0 Å². The van der Waals surface area contributed by atoms with E-state index in [2.05, 4.69) is 4.72 Å². The highest BCUT2D eigenvalue weighted by Gasteiger charge is 2.24. The van der Waals surface area contributed by atoms with Gasteiger partial charge in [0.05, 0.1) is 12.0 Å². The van der Waals surface area contributed by atoms with Crippen LogP contribution in [0.2, 0.25) is 0 Å². The summed E-state index contributed by atoms with van der Waals surface area (Å²) in [6, 6.07) is 9.08. The van der Waals surface area contributed by atoms with Gasteiger partial charge in [-0.1, -0.05) is 18.2 Å². The van der Waals surface area contributed by atoms with E-state index in [1.807, 2.05) is 65.0 Å². The van der Waals surface area contributed by atoms with Crippen LogP contribution in [0.1, 0.15) is 40.8 Å². The first kappa shape index (κ1) is 18.5. The first-order valence-corrected chi connectivity index (χ1v) is 9.39. The normalized spacial score (nSPS) is 12.9. The molecule has 2 aromatic rings. The fourth-order valence-electron chi connectivity index (χ4n) is 2.84. The molecule has 1 atom stereocenters. The number of nitrogens with one attached hydrogen (secondary N) is 1. The smallest absolute Gasteiger partial charge is 0.241 e. The van der Waals surface area contributed by atoms with Crippen LogP contribution in [0.5, 0.6) is 5.75 Å². The van der Waals surface area contributed by atoms with Crippen molar-refractivity contribution in [1.29, 1.82) is 0 Å². The van der Waals surface area contributed by atoms with Crippen molar-refractivity contribution in [1.82, 2.24) is 4.72 Å². The molecular formula is C19H25NO3S. The summed E-state index contributed by atoms with van der Waals surface area (Å²) in [6.07, 6.45) is 0. The van der Waals surface area contributed by atoms with E-state index >= 15 is 0 Å². The van der Waals surface area contributed by atoms with Gasteiger partial charge in [-0.05, 0) is 74.6 Å². The van der Waals surface area contributed by atoms with E-state index in [9.17, 15) is 8.42 Å². The minimum atomic E-state index is -3.61. The second-order valence-electron chi connectivity index (χ2n) is 6.21. The minimum absolute atomic E-state index is 0.333. The van der Waals surface area contributed by atoms with Crippen LogP contribution in [-0.4, -0.2) is 15.5 Å². The van der Waals surface area contributed by atoms with E-state index in [1.165, 1.54) is 0 Å². The molecule has 1 N–H and O–H groups in total. The summed E-state index contributed by atoms with van der Waals surface area (Å²) >= 11 is 0. The lowest BCUT2D eigenvalue weighted by molar-refractivity contribution is 0.414. The van der Waals surface area contributed by atoms with E-state index in [4.69, 9.17) is 4.74 Å². The molecule has 0 radical (unpaired) electrons. The largest absolute Gasteiger partial charge is 0.497 e. The summed E-state index contributed by atoms with van der Waals surface area (Å²) in [5.74, 6) is 0.745. The van der Waals surface area contributed by atoms with Crippen molar-refractivity contribution in [2.75, 3.05) is 7.11 Å². The fraction of sp³-hybridized carbons (Fsp3) is 0.368. The topological polar surface area (TPSA) is 55.4 Å². The Labute approximate surface area is 144 Å². The molecule has 0 heterocycles. The highest BCUT2D eigenvalue weighted by Crippen LogP contribution is 2.27. The Hall–Kier alpha value is -1.85. The molecule has 0 aliphatic heterocycles. The van der Waals surface area contributed by atoms with E-state index in [-0.39, 0.29) is 6.04 Å². The van der Waals surface area contributed by atoms with E-state index in [1.54, 1.807) is 7.11 Å². The molecule has 2 aromatic carbocycles. The first-order valence-electron chi connectivity index (χ1n) is 7.91. The third kappa shape index (κ3) is 3.62. The van der Waals surface area contributed by atoms with Crippen molar-refractivity contribution in [3.8, 4) is 5.75 Å². The lowest BCUT2D eigenvalue weighted by Gasteiger charge is -2.19. The lowest BCUT2D eigenvalue weighted by atomic mass is 10.0. The first-order chi connectivity index (χ1) is 11.2. The molecule has 130 valence electrons. The number of rotatable bonds is 5. The van der Waals surface area contributed by atoms with Crippen LogP contribution in [0.4, 0.5) is 0 Å². The van der Waals surface area contributed by atoms with Crippen molar-refractivity contribution in [2.45, 2.75) is 45.6 Å². The zero-order valence-corrected chi connectivity index (χ0v) is 15.9. The second-order valence-corrected chi connectivity index (χ2v) is 7.86. The van der Waals surface area contributed by atoms with Crippen LogP contribution < -0.4 is 9.46 Å². The molecule has 0 saturated heterocycles. The zero-order valence-electron chi connectivity index (χ0n) is 15.1. The van der Waals surface area contributed by atoms with Crippen LogP contribution in [0.3, 0.4) is 0 Å². The van der Waals surface area contributed by atoms with Gasteiger partial charge in [0.1, 0.15) is 5.75 Å². The van der Waals surface area contributed by atoms with Gasteiger partial charge >= 0.3 is 0 Å². The van der Waals surface area contributed by atoms with Gasteiger partial charge in [0, 0.05) is 6.04 Å². The Morgan fingerprint density at radius 1 is 0.958 bits per heavy atom. The van der Waals surface area contributed by atoms with E-state index in [0.717, 1.165) is 33.6 Å². The number of benzene rings is 2. The van der Waals surface area contributed by atoms with Crippen LogP contribution in [-0.2, 0) is 10.0 Å². The van der Waals surface area contributed by atoms with E-state index in [0.29, 0.717) is 4.90 Å². The van der Waals surface area contributed by atoms with Crippen molar-refractivity contribution >= 4 is 10.0 Å². The SMILES string of the molecule is COc1ccc(C(C)NS(=O)(=O)c2c(C)c(C)cc(C)c2C)cc1. The summed E-state index contributed by atoms with van der Waals surface area (Å²) in [5, 5.41) is 0. The standard InChI is InChI=1S/C19H25NO3S/c1-12-11-13(2)15(4)19(14(12)3)24(21,22)20-16(5)17-7-9-18(23-6)10-8-17/h7-11,16,20H,1-6H3. The summed E-state index contributed by atoms with van der Waals surface area (Å²) in [5.41, 5.74) is 4.45. The minimum Gasteiger partial charge on any atom is -0.497 e. The second kappa shape index (κ2) is 6.95. The molecule has 1 unspecified atom stereocenters. The molecule has 24 heavy (non-hydrogen) atoms. The molecule has 5 heteroatoms. The van der Waals surface area contributed by atoms with Crippen molar-refractivity contribution < 1.29 is 13.2 Å². The number of sulfonamides is 1. The molecule has 0 bridgehead atoms. The number of hydrogen-bond acceptors (Lipinski definition) is 3. The molecule has 0 fully saturated rings. The number of ether oxygens (including phenoxy) is 1. The number of methoxy groups -OCH3 is 1. The molecule has 0 aliphatic carbocycles. The van der Waals surface area contributed by atoms with Gasteiger partial charge in [-0.3, -0.25) is 0 Å². The molecule has 0 aliphatic rings. The highest BCUT2D eigenvalue weighted by atomic mass is 32.2. The monoisotopic (exact) mass is 347 g/mol. The Morgan fingerprint density at radius 3 is 1.92 bits per heavy atom. The van der Waals surface area contributed by atoms with Crippen LogP contribution >= 0.6 is 0 Å². The molecule has 0 saturated carbocycles. The van der Waals surface area contributed by atoms with Gasteiger partial charge < -0.3 is 4.74 Å². The van der Waals surface area contributed by atoms with Gasteiger partial charge in [-0.15, -0.1) is 0 Å². The van der Waals surface area contributed by atoms with Crippen LogP contribution in [0.15, 0.2) is 35.2 Å². The van der Waals surface area contributed by atoms with Gasteiger partial charge in [0.25, 0.3) is 0 Å². The van der Waals surface area contributed by atoms with Crippen LogP contribution in [0.25, 0.3) is 0 Å². The summed E-state index contributed by atoms with van der Waals surface area (Å²) in [7, 11) is -2.01. The maximum atomic E-state index is 12.9. The summed E-state index contributed by atoms with van der Waals surface area (Å²) in [4.78, 5) is 0.389. The van der Waals surface area contributed by atoms with Crippen molar-refractivity contribution in [3.63, 3.8) is 0 Å². The summed E-state index contributed by atoms with van der Waals surface area (Å²) < 4.78 is 33.8. The Balaban J connectivity index is 2.38. The molecule has 2 rings (SSSR count). The Morgan fingerprint density at radius 2 is 1.46 bits per heavy atom. The van der Waals surface area contributed by atoms with Crippen molar-refractivity contribution in [3.05, 3.63) is 58.1 Å². The molecule has 0 spiro atoms. The predicted octanol–water partition coefficient (Wildman–Crippen LogP) is 3.97. The average Bonchev–Trinajstić information content (AvgIpc) is 2.52. The highest BCUT2D eigenvalue weighted by molar-refractivity contribution is 7.89. The molecule has 0 aromatic heterocycles. The van der Waals surface area contributed by atoms with E-state index < -0.39 is 10.0 Å². The molecule has 4 nitrogen and oxygen atoms in total. The molecular weight excluding hydrogens is 322 g/mol. The fourth-order valence-corrected chi connectivity index (χ4v) is 4.68. The average molecular weight is 347 g/mol. The van der Waals surface area contributed by atoms with Gasteiger partial charge in [0.2, 0.25) is 10.0 Å². The predicted molar refractivity (Wildman–Crippen MR) is 97.1 cm³/mol. The van der Waals surface area contributed by atoms with Gasteiger partial charge in [-0.25, -0.2) is 13.1 Å². The third-order valence-electron chi connectivity index (χ3n) is 4.51. The third-order valence-corrected chi connectivity index (χ3v) is 6.33. The quantitative estimate of drug-likeness (QED) is 0.890.